The number of hydrogen-bond acceptors (Lipinski definition) is 4. The van der Waals surface area contributed by atoms with Gasteiger partial charge in [-0.25, -0.2) is 0 Å². The first-order valence-electron chi connectivity index (χ1n) is 31.5. The monoisotopic (exact) mass is 1170 g/mol. The van der Waals surface area contributed by atoms with Crippen molar-refractivity contribution in [1.82, 2.24) is 4.40 Å². The van der Waals surface area contributed by atoms with Gasteiger partial charge in [0.1, 0.15) is 11.2 Å². The van der Waals surface area contributed by atoms with Crippen LogP contribution in [-0.2, 0) is 5.41 Å². The zero-order valence-electron chi connectivity index (χ0n) is 51.2. The van der Waals surface area contributed by atoms with Gasteiger partial charge < -0.3 is 23.0 Å². The number of nitrogens with zero attached hydrogens (tertiary/aromatic N) is 3. The molecule has 0 radical (unpaired) electrons. The Labute approximate surface area is 526 Å². The topological polar surface area (TPSA) is 37.2 Å². The van der Waals surface area contributed by atoms with Gasteiger partial charge in [-0.15, -0.1) is 0 Å². The lowest BCUT2D eigenvalue weighted by molar-refractivity contribution is 0.590. The number of aromatic nitrogens is 1. The van der Waals surface area contributed by atoms with Crippen LogP contribution in [0.15, 0.2) is 288 Å². The molecular formula is C86H61N3O2. The third-order valence-electron chi connectivity index (χ3n) is 19.3. The quantitative estimate of drug-likeness (QED) is 0.144. The molecule has 91 heavy (non-hydrogen) atoms. The summed E-state index contributed by atoms with van der Waals surface area (Å²) in [6.07, 6.45) is 0. The summed E-state index contributed by atoms with van der Waals surface area (Å²) in [5, 5.41) is 13.9. The van der Waals surface area contributed by atoms with E-state index in [9.17, 15) is 0 Å². The molecule has 432 valence electrons. The van der Waals surface area contributed by atoms with Crippen molar-refractivity contribution in [3.05, 3.63) is 296 Å². The first kappa shape index (κ1) is 52.7. The van der Waals surface area contributed by atoms with Crippen molar-refractivity contribution in [2.45, 2.75) is 40.0 Å². The number of furan rings is 2. The van der Waals surface area contributed by atoms with Gasteiger partial charge in [0.25, 0.3) is 0 Å². The first-order valence-corrected chi connectivity index (χ1v) is 31.5. The number of benzene rings is 14. The van der Waals surface area contributed by atoms with E-state index in [-0.39, 0.29) is 5.41 Å². The number of aryl methyl sites for hydroxylation is 2. The Bertz CT molecular complexity index is 5630. The molecule has 0 N–H and O–H groups in total. The molecule has 0 aliphatic rings. The van der Waals surface area contributed by atoms with E-state index in [0.29, 0.717) is 0 Å². The average Bonchev–Trinajstić information content (AvgIpc) is 1.55. The highest BCUT2D eigenvalue weighted by atomic mass is 16.3. The fourth-order valence-corrected chi connectivity index (χ4v) is 14.8. The standard InChI is InChI=1S/C86H61N3O2/c1-52-20-12-14-26-65(52)67-28-16-30-69-71-32-18-34-77(84(71)90-82(67)69)87(61-22-8-6-9-23-61)63-42-38-55-46-73-75-48-59(54-36-40-60(41-37-54)86(3,4)5)49-76-74-47-56-39-43-64(45-58(56)51-80(74)89(81(75)76)79(73)50-57(55)44-63)88(62-24-10-7-11-25-62)78-35-19-33-72-70-31-17-29-68(83(70)91-85(72)78)66-27-15-13-21-53(66)2/h6-51H,1-5H3. The molecule has 0 unspecified atom stereocenters. The Morgan fingerprint density at radius 3 is 1.16 bits per heavy atom. The Balaban J connectivity index is 0.844. The summed E-state index contributed by atoms with van der Waals surface area (Å²) in [6.45, 7) is 11.2. The minimum absolute atomic E-state index is 0.0419. The average molecular weight is 1170 g/mol. The van der Waals surface area contributed by atoms with Crippen LogP contribution in [0.3, 0.4) is 0 Å². The SMILES string of the molecule is Cc1ccccc1-c1cccc2c1oc1c(N(c3ccccc3)c3ccc4cc5c6cc(-c7ccc(C(C)(C)C)cc7)cc7c8cc9ccc(N(c%10ccccc%10)c%10cccc%11c%10oc%10c(-c%12ccccc%12C)cccc%10%11)cc9cc8n(c5cc4c3)c67)cccc12. The molecule has 0 spiro atoms. The molecule has 0 aliphatic carbocycles. The molecule has 0 saturated carbocycles. The lowest BCUT2D eigenvalue weighted by atomic mass is 9.86. The van der Waals surface area contributed by atoms with Crippen LogP contribution in [0.5, 0.6) is 0 Å². The van der Waals surface area contributed by atoms with Crippen LogP contribution in [0.2, 0.25) is 0 Å². The summed E-state index contributed by atoms with van der Waals surface area (Å²) < 4.78 is 16.9. The first-order chi connectivity index (χ1) is 44.6. The second-order valence-electron chi connectivity index (χ2n) is 25.7. The highest BCUT2D eigenvalue weighted by molar-refractivity contribution is 6.27. The summed E-state index contributed by atoms with van der Waals surface area (Å²) in [7, 11) is 0. The van der Waals surface area contributed by atoms with E-state index in [4.69, 9.17) is 8.83 Å². The molecule has 0 bridgehead atoms. The Kier molecular flexibility index (Phi) is 11.6. The molecule has 5 nitrogen and oxygen atoms in total. The Morgan fingerprint density at radius 1 is 0.297 bits per heavy atom. The number of fused-ring (bicyclic) bond motifs is 14. The summed E-state index contributed by atoms with van der Waals surface area (Å²) in [4.78, 5) is 4.72. The maximum atomic E-state index is 7.15. The zero-order chi connectivity index (χ0) is 60.8. The highest BCUT2D eigenvalue weighted by Crippen LogP contribution is 2.50. The van der Waals surface area contributed by atoms with Crippen molar-refractivity contribution in [3.8, 4) is 33.4 Å². The van der Waals surface area contributed by atoms with Crippen molar-refractivity contribution in [2.24, 2.45) is 0 Å². The lowest BCUT2D eigenvalue weighted by Crippen LogP contribution is -2.10. The molecule has 0 atom stereocenters. The van der Waals surface area contributed by atoms with Crippen LogP contribution in [0.1, 0.15) is 37.5 Å². The van der Waals surface area contributed by atoms with Crippen molar-refractivity contribution >= 4 is 138 Å². The summed E-state index contributed by atoms with van der Waals surface area (Å²) in [5.41, 5.74) is 23.9. The minimum atomic E-state index is 0.0419. The van der Waals surface area contributed by atoms with Crippen molar-refractivity contribution in [1.29, 1.82) is 0 Å². The molecule has 4 heterocycles. The minimum Gasteiger partial charge on any atom is -0.453 e. The summed E-state index contributed by atoms with van der Waals surface area (Å²) in [5.74, 6) is 0. The third kappa shape index (κ3) is 8.24. The molecular weight excluding hydrogens is 1110 g/mol. The second kappa shape index (κ2) is 20.1. The molecule has 5 heteroatoms. The zero-order valence-corrected chi connectivity index (χ0v) is 51.2. The molecule has 0 fully saturated rings. The van der Waals surface area contributed by atoms with E-state index in [1.54, 1.807) is 0 Å². The fraction of sp³-hybridized carbons (Fsp3) is 0.0698. The maximum Gasteiger partial charge on any atom is 0.159 e. The van der Waals surface area contributed by atoms with Crippen LogP contribution in [0.25, 0.3) is 137 Å². The predicted octanol–water partition coefficient (Wildman–Crippen LogP) is 24.8. The fourth-order valence-electron chi connectivity index (χ4n) is 14.8. The van der Waals surface area contributed by atoms with Crippen molar-refractivity contribution < 1.29 is 8.83 Å². The largest absolute Gasteiger partial charge is 0.453 e. The number of anilines is 6. The molecule has 14 aromatic carbocycles. The van der Waals surface area contributed by atoms with Gasteiger partial charge in [0.2, 0.25) is 0 Å². The van der Waals surface area contributed by atoms with E-state index in [0.717, 1.165) is 111 Å². The molecule has 0 saturated heterocycles. The highest BCUT2D eigenvalue weighted by Gasteiger charge is 2.26. The van der Waals surface area contributed by atoms with E-state index < -0.39 is 0 Å². The van der Waals surface area contributed by atoms with E-state index in [2.05, 4.69) is 328 Å². The van der Waals surface area contributed by atoms with Gasteiger partial charge >= 0.3 is 0 Å². The lowest BCUT2D eigenvalue weighted by Gasteiger charge is -2.26. The van der Waals surface area contributed by atoms with Gasteiger partial charge in [0.15, 0.2) is 11.2 Å². The molecule has 18 rings (SSSR count). The van der Waals surface area contributed by atoms with Gasteiger partial charge in [0, 0.05) is 77.0 Å². The summed E-state index contributed by atoms with van der Waals surface area (Å²) >= 11 is 0. The van der Waals surface area contributed by atoms with Gasteiger partial charge in [0.05, 0.1) is 27.9 Å². The number of para-hydroxylation sites is 6. The third-order valence-corrected chi connectivity index (χ3v) is 19.3. The molecule has 0 amide bonds. The van der Waals surface area contributed by atoms with Crippen LogP contribution < -0.4 is 9.80 Å². The van der Waals surface area contributed by atoms with Crippen molar-refractivity contribution in [3.63, 3.8) is 0 Å². The van der Waals surface area contributed by atoms with Crippen molar-refractivity contribution in [2.75, 3.05) is 9.80 Å². The second-order valence-corrected chi connectivity index (χ2v) is 25.7. The van der Waals surface area contributed by atoms with E-state index >= 15 is 0 Å². The normalized spacial score (nSPS) is 12.2. The van der Waals surface area contributed by atoms with Gasteiger partial charge in [-0.2, -0.15) is 0 Å². The summed E-state index contributed by atoms with van der Waals surface area (Å²) in [6, 6.07) is 102. The molecule has 4 aromatic heterocycles. The Morgan fingerprint density at radius 2 is 0.714 bits per heavy atom. The maximum absolute atomic E-state index is 7.15. The van der Waals surface area contributed by atoms with E-state index in [1.165, 1.54) is 76.8 Å². The van der Waals surface area contributed by atoms with Gasteiger partial charge in [-0.05, 0) is 177 Å². The van der Waals surface area contributed by atoms with Crippen LogP contribution in [0.4, 0.5) is 34.1 Å². The van der Waals surface area contributed by atoms with Gasteiger partial charge in [-0.3, -0.25) is 0 Å². The van der Waals surface area contributed by atoms with Crippen LogP contribution in [0, 0.1) is 13.8 Å². The predicted molar refractivity (Wildman–Crippen MR) is 385 cm³/mol. The molecule has 18 aromatic rings. The number of hydrogen-bond donors (Lipinski definition) is 0. The Hall–Kier alpha value is -11.4. The smallest absolute Gasteiger partial charge is 0.159 e. The number of rotatable bonds is 9. The van der Waals surface area contributed by atoms with E-state index in [1.807, 2.05) is 0 Å². The van der Waals surface area contributed by atoms with Gasteiger partial charge in [-0.1, -0.05) is 203 Å². The molecule has 0 aliphatic heterocycles. The van der Waals surface area contributed by atoms with Crippen LogP contribution in [-0.4, -0.2) is 4.40 Å². The van der Waals surface area contributed by atoms with Crippen LogP contribution >= 0.6 is 0 Å².